The summed E-state index contributed by atoms with van der Waals surface area (Å²) in [6.07, 6.45) is 0.123. The van der Waals surface area contributed by atoms with Crippen LogP contribution in [-0.2, 0) is 9.59 Å². The molecule has 1 aliphatic rings. The monoisotopic (exact) mass is 422 g/mol. The summed E-state index contributed by atoms with van der Waals surface area (Å²) >= 11 is 0. The fourth-order valence-electron chi connectivity index (χ4n) is 3.49. The standard InChI is InChI=1S/C22H22N4O5/c1-13-23-21(25-31-13)14-5-4-6-17(7-14)26-12-15(8-20(26)27)22(28)24-16-9-18(29-2)11-19(10-16)30-3/h4-7,9-11,15H,8,12H2,1-3H3,(H,24,28). The van der Waals surface area contributed by atoms with Crippen molar-refractivity contribution in [2.45, 2.75) is 13.3 Å². The molecule has 160 valence electrons. The average Bonchev–Trinajstić information content (AvgIpc) is 3.39. The Morgan fingerprint density at radius 2 is 1.90 bits per heavy atom. The molecule has 0 radical (unpaired) electrons. The number of benzene rings is 2. The Morgan fingerprint density at radius 1 is 1.16 bits per heavy atom. The molecule has 1 fully saturated rings. The van der Waals surface area contributed by atoms with E-state index in [9.17, 15) is 9.59 Å². The van der Waals surface area contributed by atoms with Gasteiger partial charge in [0.1, 0.15) is 11.5 Å². The van der Waals surface area contributed by atoms with E-state index in [1.807, 2.05) is 24.3 Å². The molecule has 9 nitrogen and oxygen atoms in total. The van der Waals surface area contributed by atoms with Gasteiger partial charge in [0.2, 0.25) is 23.5 Å². The van der Waals surface area contributed by atoms with Gasteiger partial charge in [-0.15, -0.1) is 0 Å². The van der Waals surface area contributed by atoms with Crippen LogP contribution in [0.4, 0.5) is 11.4 Å². The van der Waals surface area contributed by atoms with Crippen LogP contribution in [0.25, 0.3) is 11.4 Å². The van der Waals surface area contributed by atoms with Gasteiger partial charge in [0, 0.05) is 55.0 Å². The third-order valence-corrected chi connectivity index (χ3v) is 5.06. The summed E-state index contributed by atoms with van der Waals surface area (Å²) in [5.41, 5.74) is 1.96. The number of hydrogen-bond acceptors (Lipinski definition) is 7. The Bertz CT molecular complexity index is 1100. The van der Waals surface area contributed by atoms with Crippen molar-refractivity contribution in [3.63, 3.8) is 0 Å². The number of rotatable bonds is 6. The molecular weight excluding hydrogens is 400 g/mol. The van der Waals surface area contributed by atoms with Gasteiger partial charge in [0.25, 0.3) is 0 Å². The zero-order chi connectivity index (χ0) is 22.0. The van der Waals surface area contributed by atoms with Crippen molar-refractivity contribution in [2.75, 3.05) is 31.0 Å². The summed E-state index contributed by atoms with van der Waals surface area (Å²) in [6, 6.07) is 12.4. The Balaban J connectivity index is 1.49. The van der Waals surface area contributed by atoms with Crippen molar-refractivity contribution in [1.29, 1.82) is 0 Å². The second-order valence-corrected chi connectivity index (χ2v) is 7.18. The lowest BCUT2D eigenvalue weighted by molar-refractivity contribution is -0.122. The first-order valence-electron chi connectivity index (χ1n) is 9.72. The number of aryl methyl sites for hydroxylation is 1. The van der Waals surface area contributed by atoms with Crippen LogP contribution in [0.15, 0.2) is 47.0 Å². The number of methoxy groups -OCH3 is 2. The van der Waals surface area contributed by atoms with E-state index in [0.717, 1.165) is 5.56 Å². The fourth-order valence-corrected chi connectivity index (χ4v) is 3.49. The minimum atomic E-state index is -0.485. The number of ether oxygens (including phenoxy) is 2. The van der Waals surface area contributed by atoms with Gasteiger partial charge in [-0.1, -0.05) is 17.3 Å². The summed E-state index contributed by atoms with van der Waals surface area (Å²) in [5.74, 6) is 1.19. The Labute approximate surface area is 179 Å². The molecule has 0 saturated carbocycles. The largest absolute Gasteiger partial charge is 0.497 e. The van der Waals surface area contributed by atoms with Crippen LogP contribution in [0.2, 0.25) is 0 Å². The van der Waals surface area contributed by atoms with Crippen molar-refractivity contribution in [3.05, 3.63) is 48.4 Å². The Hall–Kier alpha value is -3.88. The number of nitrogens with zero attached hydrogens (tertiary/aromatic N) is 3. The summed E-state index contributed by atoms with van der Waals surface area (Å²) < 4.78 is 15.5. The molecule has 1 saturated heterocycles. The number of nitrogens with one attached hydrogen (secondary N) is 1. The second kappa shape index (κ2) is 8.47. The number of carbonyl (C=O) groups is 2. The molecule has 1 unspecified atom stereocenters. The normalized spacial score (nSPS) is 15.8. The van der Waals surface area contributed by atoms with E-state index < -0.39 is 5.92 Å². The van der Waals surface area contributed by atoms with Gasteiger partial charge in [-0.25, -0.2) is 0 Å². The molecule has 2 aromatic carbocycles. The smallest absolute Gasteiger partial charge is 0.229 e. The minimum absolute atomic E-state index is 0.121. The lowest BCUT2D eigenvalue weighted by Gasteiger charge is -2.17. The zero-order valence-electron chi connectivity index (χ0n) is 17.4. The van der Waals surface area contributed by atoms with E-state index in [2.05, 4.69) is 15.5 Å². The Morgan fingerprint density at radius 3 is 2.55 bits per heavy atom. The molecule has 1 aliphatic heterocycles. The van der Waals surface area contributed by atoms with Crippen LogP contribution in [0.3, 0.4) is 0 Å². The van der Waals surface area contributed by atoms with Gasteiger partial charge >= 0.3 is 0 Å². The van der Waals surface area contributed by atoms with E-state index in [4.69, 9.17) is 14.0 Å². The summed E-state index contributed by atoms with van der Waals surface area (Å²) in [5, 5.41) is 6.77. The number of aromatic nitrogens is 2. The van der Waals surface area contributed by atoms with Gasteiger partial charge in [-0.2, -0.15) is 4.98 Å². The van der Waals surface area contributed by atoms with Gasteiger partial charge in [-0.3, -0.25) is 9.59 Å². The predicted molar refractivity (Wildman–Crippen MR) is 113 cm³/mol. The third kappa shape index (κ3) is 4.35. The highest BCUT2D eigenvalue weighted by atomic mass is 16.5. The molecule has 3 aromatic rings. The maximum absolute atomic E-state index is 12.8. The van der Waals surface area contributed by atoms with Crippen LogP contribution in [0.5, 0.6) is 11.5 Å². The molecule has 1 N–H and O–H groups in total. The molecule has 4 rings (SSSR count). The van der Waals surface area contributed by atoms with Crippen molar-refractivity contribution in [3.8, 4) is 22.9 Å². The molecule has 0 spiro atoms. The first-order chi connectivity index (χ1) is 15.0. The van der Waals surface area contributed by atoms with Gasteiger partial charge in [0.05, 0.1) is 20.1 Å². The highest BCUT2D eigenvalue weighted by molar-refractivity contribution is 6.03. The van der Waals surface area contributed by atoms with E-state index in [1.54, 1.807) is 30.0 Å². The Kier molecular flexibility index (Phi) is 5.57. The fraction of sp³-hybridized carbons (Fsp3) is 0.273. The minimum Gasteiger partial charge on any atom is -0.497 e. The molecule has 9 heteroatoms. The van der Waals surface area contributed by atoms with E-state index in [0.29, 0.717) is 34.6 Å². The third-order valence-electron chi connectivity index (χ3n) is 5.06. The number of amides is 2. The summed E-state index contributed by atoms with van der Waals surface area (Å²) in [7, 11) is 3.08. The molecule has 31 heavy (non-hydrogen) atoms. The second-order valence-electron chi connectivity index (χ2n) is 7.18. The molecule has 0 aliphatic carbocycles. The summed E-state index contributed by atoms with van der Waals surface area (Å²) in [4.78, 5) is 31.3. The number of carbonyl (C=O) groups excluding carboxylic acids is 2. The SMILES string of the molecule is COc1cc(NC(=O)C2CC(=O)N(c3cccc(-c4noc(C)n4)c3)C2)cc(OC)c1. The number of hydrogen-bond donors (Lipinski definition) is 1. The quantitative estimate of drug-likeness (QED) is 0.651. The lowest BCUT2D eigenvalue weighted by Crippen LogP contribution is -2.28. The first kappa shape index (κ1) is 20.4. The summed E-state index contributed by atoms with van der Waals surface area (Å²) in [6.45, 7) is 1.99. The molecular formula is C22H22N4O5. The lowest BCUT2D eigenvalue weighted by atomic mass is 10.1. The molecule has 2 amide bonds. The highest BCUT2D eigenvalue weighted by Crippen LogP contribution is 2.30. The maximum atomic E-state index is 12.8. The molecule has 2 heterocycles. The van der Waals surface area contributed by atoms with Crippen molar-refractivity contribution in [2.24, 2.45) is 5.92 Å². The molecule has 1 atom stereocenters. The molecule has 1 aromatic heterocycles. The molecule has 0 bridgehead atoms. The van der Waals surface area contributed by atoms with Gasteiger partial charge in [0.15, 0.2) is 0 Å². The van der Waals surface area contributed by atoms with Crippen LogP contribution in [-0.4, -0.2) is 42.7 Å². The topological polar surface area (TPSA) is 107 Å². The van der Waals surface area contributed by atoms with Crippen LogP contribution >= 0.6 is 0 Å². The predicted octanol–water partition coefficient (Wildman–Crippen LogP) is 3.05. The van der Waals surface area contributed by atoms with E-state index in [-0.39, 0.29) is 24.8 Å². The number of anilines is 2. The van der Waals surface area contributed by atoms with Gasteiger partial charge in [-0.05, 0) is 12.1 Å². The van der Waals surface area contributed by atoms with Crippen molar-refractivity contribution < 1.29 is 23.6 Å². The van der Waals surface area contributed by atoms with E-state index >= 15 is 0 Å². The van der Waals surface area contributed by atoms with Crippen molar-refractivity contribution in [1.82, 2.24) is 10.1 Å². The van der Waals surface area contributed by atoms with E-state index in [1.165, 1.54) is 14.2 Å². The van der Waals surface area contributed by atoms with Gasteiger partial charge < -0.3 is 24.2 Å². The zero-order valence-corrected chi connectivity index (χ0v) is 17.4. The highest BCUT2D eigenvalue weighted by Gasteiger charge is 2.35. The van der Waals surface area contributed by atoms with Crippen LogP contribution in [0.1, 0.15) is 12.3 Å². The van der Waals surface area contributed by atoms with Crippen molar-refractivity contribution >= 4 is 23.2 Å². The average molecular weight is 422 g/mol. The maximum Gasteiger partial charge on any atom is 0.229 e. The first-order valence-corrected chi connectivity index (χ1v) is 9.72. The van der Waals surface area contributed by atoms with Crippen LogP contribution in [0, 0.1) is 12.8 Å². The van der Waals surface area contributed by atoms with Crippen LogP contribution < -0.4 is 19.7 Å².